The number of rotatable bonds is 5. The Labute approximate surface area is 105 Å². The predicted octanol–water partition coefficient (Wildman–Crippen LogP) is 2.58. The summed E-state index contributed by atoms with van der Waals surface area (Å²) in [7, 11) is 1.40. The molecule has 5 heteroatoms. The molecular weight excluding hydrogens is 245 g/mol. The number of carbonyl (C=O) groups excluding carboxylic acids is 1. The first-order valence-electron chi connectivity index (χ1n) is 5.29. The number of ether oxygens (including phenoxy) is 1. The lowest BCUT2D eigenvalue weighted by molar-refractivity contribution is 0.0932. The van der Waals surface area contributed by atoms with Crippen molar-refractivity contribution < 1.29 is 13.9 Å². The third-order valence-corrected chi connectivity index (χ3v) is 2.56. The summed E-state index contributed by atoms with van der Waals surface area (Å²) in [5.41, 5.74) is -0.0728. The first kappa shape index (κ1) is 13.8. The van der Waals surface area contributed by atoms with E-state index in [1.807, 2.05) is 6.92 Å². The van der Waals surface area contributed by atoms with Crippen molar-refractivity contribution >= 4 is 17.5 Å². The van der Waals surface area contributed by atoms with Crippen LogP contribution in [-0.4, -0.2) is 24.9 Å². The molecule has 3 nitrogen and oxygen atoms in total. The van der Waals surface area contributed by atoms with Crippen molar-refractivity contribution in [1.29, 1.82) is 0 Å². The second kappa shape index (κ2) is 6.45. The van der Waals surface area contributed by atoms with Gasteiger partial charge >= 0.3 is 0 Å². The number of benzene rings is 1. The molecule has 0 aliphatic heterocycles. The van der Waals surface area contributed by atoms with Crippen LogP contribution in [0.15, 0.2) is 18.2 Å². The van der Waals surface area contributed by atoms with Gasteiger partial charge in [-0.25, -0.2) is 4.39 Å². The van der Waals surface area contributed by atoms with E-state index in [0.29, 0.717) is 12.3 Å². The summed E-state index contributed by atoms with van der Waals surface area (Å²) in [5.74, 6) is -0.423. The average Bonchev–Trinajstić information content (AvgIpc) is 2.28. The van der Waals surface area contributed by atoms with Crippen LogP contribution in [0.1, 0.15) is 23.7 Å². The van der Waals surface area contributed by atoms with Crippen molar-refractivity contribution in [2.75, 3.05) is 13.0 Å². The van der Waals surface area contributed by atoms with E-state index in [1.165, 1.54) is 19.2 Å². The molecule has 1 N–H and O–H groups in total. The first-order chi connectivity index (χ1) is 8.10. The van der Waals surface area contributed by atoms with Gasteiger partial charge in [0.1, 0.15) is 17.1 Å². The number of alkyl halides is 1. The van der Waals surface area contributed by atoms with Crippen molar-refractivity contribution in [3.8, 4) is 5.75 Å². The Morgan fingerprint density at radius 3 is 2.88 bits per heavy atom. The molecular formula is C12H15ClFNO2. The maximum absolute atomic E-state index is 13.6. The largest absolute Gasteiger partial charge is 0.496 e. The molecule has 1 atom stereocenters. The van der Waals surface area contributed by atoms with E-state index in [0.717, 1.165) is 0 Å². The summed E-state index contributed by atoms with van der Waals surface area (Å²) < 4.78 is 18.5. The molecule has 0 bridgehead atoms. The highest BCUT2D eigenvalue weighted by molar-refractivity contribution is 6.17. The smallest absolute Gasteiger partial charge is 0.258 e. The number of halogens is 2. The van der Waals surface area contributed by atoms with E-state index in [1.54, 1.807) is 6.07 Å². The van der Waals surface area contributed by atoms with Gasteiger partial charge in [0.2, 0.25) is 0 Å². The van der Waals surface area contributed by atoms with E-state index in [4.69, 9.17) is 16.3 Å². The number of amides is 1. The lowest BCUT2D eigenvalue weighted by Crippen LogP contribution is -2.33. The van der Waals surface area contributed by atoms with Crippen molar-refractivity contribution in [3.05, 3.63) is 29.6 Å². The van der Waals surface area contributed by atoms with Gasteiger partial charge in [-0.2, -0.15) is 0 Å². The topological polar surface area (TPSA) is 38.3 Å². The standard InChI is InChI=1S/C12H15ClFNO2/c1-8(6-7-13)15-12(16)11-9(14)4-3-5-10(11)17-2/h3-5,8H,6-7H2,1-2H3,(H,15,16). The monoisotopic (exact) mass is 259 g/mol. The molecule has 1 amide bonds. The van der Waals surface area contributed by atoms with Gasteiger partial charge in [-0.15, -0.1) is 11.6 Å². The van der Waals surface area contributed by atoms with Crippen LogP contribution in [0, 0.1) is 5.82 Å². The maximum atomic E-state index is 13.6. The maximum Gasteiger partial charge on any atom is 0.258 e. The summed E-state index contributed by atoms with van der Waals surface area (Å²) in [5, 5.41) is 2.67. The molecule has 0 saturated heterocycles. The van der Waals surface area contributed by atoms with Crippen LogP contribution in [-0.2, 0) is 0 Å². The molecule has 0 saturated carbocycles. The van der Waals surface area contributed by atoms with Crippen molar-refractivity contribution in [3.63, 3.8) is 0 Å². The molecule has 0 radical (unpaired) electrons. The van der Waals surface area contributed by atoms with E-state index >= 15 is 0 Å². The lowest BCUT2D eigenvalue weighted by atomic mass is 10.1. The summed E-state index contributed by atoms with van der Waals surface area (Å²) >= 11 is 5.57. The van der Waals surface area contributed by atoms with Crippen LogP contribution < -0.4 is 10.1 Å². The van der Waals surface area contributed by atoms with Crippen LogP contribution in [0.5, 0.6) is 5.75 Å². The lowest BCUT2D eigenvalue weighted by Gasteiger charge is -2.14. The molecule has 0 aromatic heterocycles. The second-order valence-corrected chi connectivity index (χ2v) is 4.05. The third kappa shape index (κ3) is 3.60. The zero-order valence-corrected chi connectivity index (χ0v) is 10.6. The Bertz CT molecular complexity index is 398. The molecule has 1 aromatic rings. The van der Waals surface area contributed by atoms with Crippen LogP contribution >= 0.6 is 11.6 Å². The highest BCUT2D eigenvalue weighted by Crippen LogP contribution is 2.21. The van der Waals surface area contributed by atoms with Gasteiger partial charge in [0, 0.05) is 11.9 Å². The Hall–Kier alpha value is -1.29. The molecule has 0 aliphatic carbocycles. The minimum absolute atomic E-state index is 0.0728. The van der Waals surface area contributed by atoms with E-state index in [2.05, 4.69) is 5.32 Å². The fourth-order valence-electron chi connectivity index (χ4n) is 1.43. The minimum Gasteiger partial charge on any atom is -0.496 e. The van der Waals surface area contributed by atoms with Crippen LogP contribution in [0.25, 0.3) is 0 Å². The normalized spacial score (nSPS) is 12.0. The highest BCUT2D eigenvalue weighted by Gasteiger charge is 2.18. The molecule has 0 aliphatic rings. The van der Waals surface area contributed by atoms with Crippen molar-refractivity contribution in [1.82, 2.24) is 5.32 Å². The number of nitrogens with one attached hydrogen (secondary N) is 1. The number of carbonyl (C=O) groups is 1. The summed E-state index contributed by atoms with van der Waals surface area (Å²) in [6, 6.07) is 4.16. The molecule has 17 heavy (non-hydrogen) atoms. The summed E-state index contributed by atoms with van der Waals surface area (Å²) in [6.45, 7) is 1.81. The van der Waals surface area contributed by atoms with Gasteiger partial charge in [-0.3, -0.25) is 4.79 Å². The zero-order chi connectivity index (χ0) is 12.8. The van der Waals surface area contributed by atoms with E-state index < -0.39 is 11.7 Å². The number of hydrogen-bond donors (Lipinski definition) is 1. The quantitative estimate of drug-likeness (QED) is 0.826. The van der Waals surface area contributed by atoms with Crippen molar-refractivity contribution in [2.45, 2.75) is 19.4 Å². The third-order valence-electron chi connectivity index (χ3n) is 2.34. The molecule has 0 heterocycles. The van der Waals surface area contributed by atoms with Crippen LogP contribution in [0.4, 0.5) is 4.39 Å². The van der Waals surface area contributed by atoms with Gasteiger partial charge in [-0.1, -0.05) is 6.07 Å². The molecule has 0 spiro atoms. The number of methoxy groups -OCH3 is 1. The van der Waals surface area contributed by atoms with E-state index in [-0.39, 0.29) is 17.4 Å². The Morgan fingerprint density at radius 2 is 2.29 bits per heavy atom. The molecule has 94 valence electrons. The molecule has 0 fully saturated rings. The Kier molecular flexibility index (Phi) is 5.22. The average molecular weight is 260 g/mol. The van der Waals surface area contributed by atoms with Gasteiger partial charge in [-0.05, 0) is 25.5 Å². The fraction of sp³-hybridized carbons (Fsp3) is 0.417. The fourth-order valence-corrected chi connectivity index (χ4v) is 1.75. The minimum atomic E-state index is -0.597. The van der Waals surface area contributed by atoms with Gasteiger partial charge in [0.05, 0.1) is 7.11 Å². The van der Waals surface area contributed by atoms with Crippen LogP contribution in [0.3, 0.4) is 0 Å². The summed E-state index contributed by atoms with van der Waals surface area (Å²) in [4.78, 5) is 11.9. The Morgan fingerprint density at radius 1 is 1.59 bits per heavy atom. The van der Waals surface area contributed by atoms with Crippen LogP contribution in [0.2, 0.25) is 0 Å². The van der Waals surface area contributed by atoms with Gasteiger partial charge < -0.3 is 10.1 Å². The second-order valence-electron chi connectivity index (χ2n) is 3.67. The molecule has 1 rings (SSSR count). The number of hydrogen-bond acceptors (Lipinski definition) is 2. The first-order valence-corrected chi connectivity index (χ1v) is 5.83. The highest BCUT2D eigenvalue weighted by atomic mass is 35.5. The zero-order valence-electron chi connectivity index (χ0n) is 9.80. The van der Waals surface area contributed by atoms with E-state index in [9.17, 15) is 9.18 Å². The van der Waals surface area contributed by atoms with Gasteiger partial charge in [0.25, 0.3) is 5.91 Å². The SMILES string of the molecule is COc1cccc(F)c1C(=O)NC(C)CCCl. The molecule has 1 aromatic carbocycles. The summed E-state index contributed by atoms with van der Waals surface area (Å²) in [6.07, 6.45) is 0.629. The molecule has 1 unspecified atom stereocenters. The van der Waals surface area contributed by atoms with Gasteiger partial charge in [0.15, 0.2) is 0 Å². The Balaban J connectivity index is 2.88. The van der Waals surface area contributed by atoms with Crippen molar-refractivity contribution in [2.24, 2.45) is 0 Å². The predicted molar refractivity (Wildman–Crippen MR) is 65.2 cm³/mol.